The van der Waals surface area contributed by atoms with Gasteiger partial charge in [-0.2, -0.15) is 0 Å². The van der Waals surface area contributed by atoms with Gasteiger partial charge in [0.15, 0.2) is 0 Å². The van der Waals surface area contributed by atoms with E-state index in [1.165, 1.54) is 32.1 Å². The quantitative estimate of drug-likeness (QED) is 0.466. The van der Waals surface area contributed by atoms with E-state index in [0.29, 0.717) is 0 Å². The molecule has 0 aromatic carbocycles. The van der Waals surface area contributed by atoms with Crippen LogP contribution in [0.1, 0.15) is 32.1 Å². The number of hydrogen-bond donors (Lipinski definition) is 0. The first kappa shape index (κ1) is 5.77. The Labute approximate surface area is 55.6 Å². The van der Waals surface area contributed by atoms with Crippen molar-refractivity contribution >= 4 is 18.6 Å². The molecule has 0 aliphatic heterocycles. The summed E-state index contributed by atoms with van der Waals surface area (Å²) in [6, 6.07) is 0. The third-order valence-electron chi connectivity index (χ3n) is 1.65. The van der Waals surface area contributed by atoms with Gasteiger partial charge in [-0.15, -0.1) is 0 Å². The molecule has 0 atom stereocenters. The summed E-state index contributed by atoms with van der Waals surface area (Å²) in [5.41, 5.74) is 0. The molecular formula is C6H11Ga. The van der Waals surface area contributed by atoms with Crippen LogP contribution in [0.3, 0.4) is 0 Å². The first-order valence-corrected chi connectivity index (χ1v) is 4.55. The van der Waals surface area contributed by atoms with Crippen molar-refractivity contribution in [3.63, 3.8) is 0 Å². The molecule has 1 rings (SSSR count). The molecule has 0 aromatic heterocycles. The molecule has 38 valence electrons. The fourth-order valence-corrected chi connectivity index (χ4v) is 2.12. The van der Waals surface area contributed by atoms with Crippen molar-refractivity contribution in [1.29, 1.82) is 0 Å². The van der Waals surface area contributed by atoms with E-state index in [1.807, 2.05) is 18.6 Å². The van der Waals surface area contributed by atoms with E-state index in [1.54, 1.807) is 0 Å². The predicted molar refractivity (Wildman–Crippen MR) is 32.6 cm³/mol. The van der Waals surface area contributed by atoms with Crippen LogP contribution in [0, 0.1) is 0 Å². The van der Waals surface area contributed by atoms with Crippen LogP contribution in [-0.4, -0.2) is 18.6 Å². The van der Waals surface area contributed by atoms with Gasteiger partial charge >= 0.3 is 55.2 Å². The van der Waals surface area contributed by atoms with Crippen molar-refractivity contribution in [1.82, 2.24) is 0 Å². The SMILES string of the molecule is [Ga][CH]1CCCCC1. The Morgan fingerprint density at radius 3 is 1.86 bits per heavy atom. The average molecular weight is 153 g/mol. The Balaban J connectivity index is 2.12. The summed E-state index contributed by atoms with van der Waals surface area (Å²) in [6.45, 7) is 0. The first-order valence-electron chi connectivity index (χ1n) is 3.15. The van der Waals surface area contributed by atoms with Gasteiger partial charge in [0.05, 0.1) is 0 Å². The number of rotatable bonds is 0. The summed E-state index contributed by atoms with van der Waals surface area (Å²) < 4.78 is 1.10. The van der Waals surface area contributed by atoms with Crippen molar-refractivity contribution in [3.8, 4) is 0 Å². The third-order valence-corrected chi connectivity index (χ3v) is 3.05. The normalized spacial score (nSPS) is 25.1. The Hall–Kier alpha value is 0.636. The van der Waals surface area contributed by atoms with Crippen LogP contribution in [0.5, 0.6) is 0 Å². The summed E-state index contributed by atoms with van der Waals surface area (Å²) in [5.74, 6) is 0. The van der Waals surface area contributed by atoms with Crippen LogP contribution in [-0.2, 0) is 0 Å². The molecule has 1 saturated carbocycles. The molecule has 1 heteroatoms. The Bertz CT molecular complexity index is 46.1. The zero-order valence-corrected chi connectivity index (χ0v) is 7.11. The van der Waals surface area contributed by atoms with Gasteiger partial charge in [-0.3, -0.25) is 0 Å². The molecule has 1 fully saturated rings. The molecule has 0 N–H and O–H groups in total. The second kappa shape index (κ2) is 2.83. The summed E-state index contributed by atoms with van der Waals surface area (Å²) in [5, 5.41) is 0. The second-order valence-electron chi connectivity index (χ2n) is 2.40. The molecule has 2 radical (unpaired) electrons. The third kappa shape index (κ3) is 1.91. The van der Waals surface area contributed by atoms with Crippen molar-refractivity contribution in [3.05, 3.63) is 0 Å². The van der Waals surface area contributed by atoms with E-state index >= 15 is 0 Å². The fourth-order valence-electron chi connectivity index (χ4n) is 1.13. The van der Waals surface area contributed by atoms with Gasteiger partial charge in [0.1, 0.15) is 0 Å². The van der Waals surface area contributed by atoms with E-state index in [2.05, 4.69) is 0 Å². The Morgan fingerprint density at radius 1 is 1.00 bits per heavy atom. The summed E-state index contributed by atoms with van der Waals surface area (Å²) in [6.07, 6.45) is 7.53. The van der Waals surface area contributed by atoms with E-state index in [-0.39, 0.29) is 0 Å². The van der Waals surface area contributed by atoms with Crippen LogP contribution in [0.15, 0.2) is 0 Å². The van der Waals surface area contributed by atoms with Crippen LogP contribution >= 0.6 is 0 Å². The molecule has 0 bridgehead atoms. The summed E-state index contributed by atoms with van der Waals surface area (Å²) in [4.78, 5) is 0. The van der Waals surface area contributed by atoms with Gasteiger partial charge in [-0.1, -0.05) is 0 Å². The molecular weight excluding hydrogens is 142 g/mol. The average Bonchev–Trinajstić information content (AvgIpc) is 1.69. The summed E-state index contributed by atoms with van der Waals surface area (Å²) in [7, 11) is 0. The van der Waals surface area contributed by atoms with Crippen LogP contribution in [0.25, 0.3) is 0 Å². The monoisotopic (exact) mass is 152 g/mol. The molecule has 0 nitrogen and oxygen atoms in total. The van der Waals surface area contributed by atoms with Crippen molar-refractivity contribution < 1.29 is 0 Å². The molecule has 1 aliphatic carbocycles. The standard InChI is InChI=1S/C6H11.Ga/c1-2-4-6-5-3-1;/h1H,2-6H2;. The molecule has 1 aliphatic rings. The maximum atomic E-state index is 1.95. The van der Waals surface area contributed by atoms with Crippen molar-refractivity contribution in [2.24, 2.45) is 0 Å². The number of hydrogen-bond acceptors (Lipinski definition) is 0. The van der Waals surface area contributed by atoms with Gasteiger partial charge in [0.25, 0.3) is 0 Å². The molecule has 0 spiro atoms. The maximum absolute atomic E-state index is 1.95. The molecule has 0 saturated heterocycles. The minimum atomic E-state index is 1.10. The van der Waals surface area contributed by atoms with Crippen molar-refractivity contribution in [2.75, 3.05) is 0 Å². The minimum absolute atomic E-state index is 1.10. The van der Waals surface area contributed by atoms with Crippen molar-refractivity contribution in [2.45, 2.75) is 36.6 Å². The van der Waals surface area contributed by atoms with Gasteiger partial charge < -0.3 is 0 Å². The van der Waals surface area contributed by atoms with E-state index in [0.717, 1.165) is 4.47 Å². The van der Waals surface area contributed by atoms with E-state index < -0.39 is 0 Å². The van der Waals surface area contributed by atoms with Gasteiger partial charge in [-0.25, -0.2) is 0 Å². The molecule has 0 unspecified atom stereocenters. The van der Waals surface area contributed by atoms with Crippen LogP contribution in [0.4, 0.5) is 0 Å². The van der Waals surface area contributed by atoms with E-state index in [9.17, 15) is 0 Å². The molecule has 0 aromatic rings. The summed E-state index contributed by atoms with van der Waals surface area (Å²) >= 11 is 1.95. The zero-order chi connectivity index (χ0) is 5.11. The zero-order valence-electron chi connectivity index (χ0n) is 4.69. The second-order valence-corrected chi connectivity index (χ2v) is 4.38. The van der Waals surface area contributed by atoms with Gasteiger partial charge in [-0.05, 0) is 0 Å². The van der Waals surface area contributed by atoms with E-state index in [4.69, 9.17) is 0 Å². The molecule has 0 amide bonds. The van der Waals surface area contributed by atoms with Gasteiger partial charge in [0.2, 0.25) is 0 Å². The Kier molecular flexibility index (Phi) is 2.33. The first-order chi connectivity index (χ1) is 3.39. The van der Waals surface area contributed by atoms with Crippen LogP contribution < -0.4 is 0 Å². The fraction of sp³-hybridized carbons (Fsp3) is 1.00. The Morgan fingerprint density at radius 2 is 1.57 bits per heavy atom. The predicted octanol–water partition coefficient (Wildman–Crippen LogP) is 1.91. The molecule has 0 heterocycles. The van der Waals surface area contributed by atoms with Crippen LogP contribution in [0.2, 0.25) is 4.47 Å². The molecule has 7 heavy (non-hydrogen) atoms. The van der Waals surface area contributed by atoms with Gasteiger partial charge in [0, 0.05) is 0 Å². The topological polar surface area (TPSA) is 0 Å².